The molecule has 7 heteroatoms. The summed E-state index contributed by atoms with van der Waals surface area (Å²) in [6.45, 7) is 2.38. The maximum Gasteiger partial charge on any atom is 0.246 e. The van der Waals surface area contributed by atoms with Gasteiger partial charge in [0.1, 0.15) is 0 Å². The van der Waals surface area contributed by atoms with Crippen LogP contribution in [0, 0.1) is 5.92 Å². The van der Waals surface area contributed by atoms with Crippen LogP contribution in [0.4, 0.5) is 0 Å². The Morgan fingerprint density at radius 3 is 2.77 bits per heavy atom. The smallest absolute Gasteiger partial charge is 0.246 e. The summed E-state index contributed by atoms with van der Waals surface area (Å²) in [5.74, 6) is 1.79. The molecule has 1 aliphatic rings. The van der Waals surface area contributed by atoms with Gasteiger partial charge < -0.3 is 15.2 Å². The van der Waals surface area contributed by atoms with Gasteiger partial charge in [-0.3, -0.25) is 4.79 Å². The quantitative estimate of drug-likeness (QED) is 0.801. The maximum atomic E-state index is 11.9. The van der Waals surface area contributed by atoms with Gasteiger partial charge in [-0.05, 0) is 32.7 Å². The second-order valence-electron chi connectivity index (χ2n) is 5.98. The SMILES string of the molecule is CNC(C)Cc1noc(CNC(=O)CC2CCCCC2)n1.Cl. The number of amides is 1. The van der Waals surface area contributed by atoms with Gasteiger partial charge in [-0.1, -0.05) is 24.4 Å². The van der Waals surface area contributed by atoms with Crippen molar-refractivity contribution in [2.24, 2.45) is 5.92 Å². The van der Waals surface area contributed by atoms with E-state index in [4.69, 9.17) is 4.52 Å². The number of nitrogens with zero attached hydrogens (tertiary/aromatic N) is 2. The van der Waals surface area contributed by atoms with Crippen molar-refractivity contribution in [2.75, 3.05) is 7.05 Å². The molecule has 22 heavy (non-hydrogen) atoms. The number of halogens is 1. The summed E-state index contributed by atoms with van der Waals surface area (Å²) < 4.78 is 5.15. The van der Waals surface area contributed by atoms with E-state index in [0.29, 0.717) is 36.6 Å². The highest BCUT2D eigenvalue weighted by atomic mass is 35.5. The first-order chi connectivity index (χ1) is 10.2. The molecule has 0 aliphatic heterocycles. The summed E-state index contributed by atoms with van der Waals surface area (Å²) in [6.07, 6.45) is 7.53. The van der Waals surface area contributed by atoms with E-state index in [1.54, 1.807) is 0 Å². The fraction of sp³-hybridized carbons (Fsp3) is 0.800. The van der Waals surface area contributed by atoms with Crippen molar-refractivity contribution in [3.05, 3.63) is 11.7 Å². The zero-order valence-electron chi connectivity index (χ0n) is 13.4. The van der Waals surface area contributed by atoms with Crippen molar-refractivity contribution in [1.82, 2.24) is 20.8 Å². The van der Waals surface area contributed by atoms with Crippen molar-refractivity contribution < 1.29 is 9.32 Å². The molecule has 2 N–H and O–H groups in total. The van der Waals surface area contributed by atoms with Gasteiger partial charge in [0.25, 0.3) is 0 Å². The molecule has 0 radical (unpaired) electrons. The molecule has 6 nitrogen and oxygen atoms in total. The molecular weight excluding hydrogens is 304 g/mol. The number of carbonyl (C=O) groups is 1. The Kier molecular flexibility index (Phi) is 8.42. The number of hydrogen-bond donors (Lipinski definition) is 2. The van der Waals surface area contributed by atoms with E-state index in [0.717, 1.165) is 6.42 Å². The van der Waals surface area contributed by atoms with Gasteiger partial charge in [0.15, 0.2) is 5.82 Å². The fourth-order valence-corrected chi connectivity index (χ4v) is 2.72. The maximum absolute atomic E-state index is 11.9. The lowest BCUT2D eigenvalue weighted by Crippen LogP contribution is -2.26. The van der Waals surface area contributed by atoms with Crippen LogP contribution in [0.3, 0.4) is 0 Å². The second kappa shape index (κ2) is 9.79. The van der Waals surface area contributed by atoms with Crippen molar-refractivity contribution in [3.63, 3.8) is 0 Å². The van der Waals surface area contributed by atoms with E-state index in [1.165, 1.54) is 32.1 Å². The van der Waals surface area contributed by atoms with Gasteiger partial charge in [0.05, 0.1) is 6.54 Å². The molecule has 2 rings (SSSR count). The molecule has 0 spiro atoms. The second-order valence-corrected chi connectivity index (χ2v) is 5.98. The van der Waals surface area contributed by atoms with E-state index in [1.807, 2.05) is 7.05 Å². The zero-order chi connectivity index (χ0) is 15.1. The van der Waals surface area contributed by atoms with Gasteiger partial charge >= 0.3 is 0 Å². The minimum absolute atomic E-state index is 0. The van der Waals surface area contributed by atoms with E-state index >= 15 is 0 Å². The Morgan fingerprint density at radius 2 is 2.09 bits per heavy atom. The minimum atomic E-state index is 0. The number of rotatable bonds is 7. The Balaban J connectivity index is 0.00000242. The third-order valence-electron chi connectivity index (χ3n) is 4.13. The molecule has 1 unspecified atom stereocenters. The molecule has 1 amide bonds. The molecule has 0 saturated heterocycles. The standard InChI is InChI=1S/C15H26N4O2.ClH/c1-11(16-2)8-13-18-15(21-19-13)10-17-14(20)9-12-6-4-3-5-7-12;/h11-12,16H,3-10H2,1-2H3,(H,17,20);1H. The summed E-state index contributed by atoms with van der Waals surface area (Å²) in [6, 6.07) is 0.302. The lowest BCUT2D eigenvalue weighted by atomic mass is 9.87. The van der Waals surface area contributed by atoms with Crippen LogP contribution in [0.5, 0.6) is 0 Å². The number of carbonyl (C=O) groups excluding carboxylic acids is 1. The van der Waals surface area contributed by atoms with Gasteiger partial charge in [-0.15, -0.1) is 12.4 Å². The van der Waals surface area contributed by atoms with Crippen LogP contribution >= 0.6 is 12.4 Å². The van der Waals surface area contributed by atoms with Crippen LogP contribution in [0.15, 0.2) is 4.52 Å². The molecule has 1 saturated carbocycles. The predicted octanol–water partition coefficient (Wildman–Crippen LogP) is 2.23. The van der Waals surface area contributed by atoms with E-state index in [2.05, 4.69) is 27.7 Å². The molecule has 1 aromatic rings. The molecule has 1 heterocycles. The average molecular weight is 331 g/mol. The van der Waals surface area contributed by atoms with Gasteiger partial charge in [0.2, 0.25) is 11.8 Å². The topological polar surface area (TPSA) is 80.0 Å². The highest BCUT2D eigenvalue weighted by Crippen LogP contribution is 2.26. The van der Waals surface area contributed by atoms with Crippen LogP contribution in [0.2, 0.25) is 0 Å². The van der Waals surface area contributed by atoms with Crippen molar-refractivity contribution in [1.29, 1.82) is 0 Å². The van der Waals surface area contributed by atoms with Gasteiger partial charge in [0, 0.05) is 18.9 Å². The molecule has 1 aromatic heterocycles. The Bertz CT molecular complexity index is 447. The molecule has 1 atom stereocenters. The minimum Gasteiger partial charge on any atom is -0.347 e. The normalized spacial score (nSPS) is 16.8. The number of likely N-dealkylation sites (N-methyl/N-ethyl adjacent to an activating group) is 1. The Hall–Kier alpha value is -1.14. The van der Waals surface area contributed by atoms with Crippen LogP contribution in [-0.4, -0.2) is 29.1 Å². The third-order valence-corrected chi connectivity index (χ3v) is 4.13. The van der Waals surface area contributed by atoms with E-state index in [9.17, 15) is 4.79 Å². The number of nitrogens with one attached hydrogen (secondary N) is 2. The summed E-state index contributed by atoms with van der Waals surface area (Å²) in [7, 11) is 1.90. The third kappa shape index (κ3) is 6.32. The van der Waals surface area contributed by atoms with Crippen molar-refractivity contribution in [3.8, 4) is 0 Å². The largest absolute Gasteiger partial charge is 0.347 e. The van der Waals surface area contributed by atoms with Crippen LogP contribution in [-0.2, 0) is 17.8 Å². The van der Waals surface area contributed by atoms with E-state index in [-0.39, 0.29) is 18.3 Å². The highest BCUT2D eigenvalue weighted by Gasteiger charge is 2.17. The zero-order valence-corrected chi connectivity index (χ0v) is 14.2. The summed E-state index contributed by atoms with van der Waals surface area (Å²) >= 11 is 0. The van der Waals surface area contributed by atoms with Crippen LogP contribution in [0.1, 0.15) is 57.2 Å². The Morgan fingerprint density at radius 1 is 1.36 bits per heavy atom. The number of hydrogen-bond acceptors (Lipinski definition) is 5. The molecule has 1 fully saturated rings. The van der Waals surface area contributed by atoms with Crippen LogP contribution in [0.25, 0.3) is 0 Å². The van der Waals surface area contributed by atoms with E-state index < -0.39 is 0 Å². The first-order valence-corrected chi connectivity index (χ1v) is 7.92. The molecule has 126 valence electrons. The first-order valence-electron chi connectivity index (χ1n) is 7.92. The van der Waals surface area contributed by atoms with Crippen molar-refractivity contribution in [2.45, 2.75) is 64.5 Å². The monoisotopic (exact) mass is 330 g/mol. The first kappa shape index (κ1) is 18.9. The summed E-state index contributed by atoms with van der Waals surface area (Å²) in [5.41, 5.74) is 0. The summed E-state index contributed by atoms with van der Waals surface area (Å²) in [5, 5.41) is 9.92. The lowest BCUT2D eigenvalue weighted by molar-refractivity contribution is -0.122. The van der Waals surface area contributed by atoms with Crippen LogP contribution < -0.4 is 10.6 Å². The number of aromatic nitrogens is 2. The molecule has 1 aliphatic carbocycles. The molecular formula is C15H27ClN4O2. The van der Waals surface area contributed by atoms with Crippen molar-refractivity contribution >= 4 is 18.3 Å². The highest BCUT2D eigenvalue weighted by molar-refractivity contribution is 5.85. The summed E-state index contributed by atoms with van der Waals surface area (Å²) in [4.78, 5) is 16.2. The molecule has 0 bridgehead atoms. The fourth-order valence-electron chi connectivity index (χ4n) is 2.72. The Labute approximate surface area is 138 Å². The lowest BCUT2D eigenvalue weighted by Gasteiger charge is -2.20. The van der Waals surface area contributed by atoms with Gasteiger partial charge in [-0.2, -0.15) is 4.98 Å². The average Bonchev–Trinajstić information content (AvgIpc) is 2.93. The molecule has 0 aromatic carbocycles. The van der Waals surface area contributed by atoms with Gasteiger partial charge in [-0.25, -0.2) is 0 Å². The predicted molar refractivity (Wildman–Crippen MR) is 86.8 cm³/mol.